The van der Waals surface area contributed by atoms with Crippen LogP contribution >= 0.6 is 0 Å². The largest absolute Gasteiger partial charge is 0.354 e. The molecule has 0 spiro atoms. The van der Waals surface area contributed by atoms with E-state index in [0.29, 0.717) is 41.8 Å². The van der Waals surface area contributed by atoms with Crippen LogP contribution in [0.25, 0.3) is 0 Å². The topological polar surface area (TPSA) is 75.2 Å². The van der Waals surface area contributed by atoms with Gasteiger partial charge in [0.1, 0.15) is 0 Å². The Hall–Kier alpha value is -2.76. The lowest BCUT2D eigenvalue weighted by Gasteiger charge is -2.25. The monoisotopic (exact) mass is 382 g/mol. The van der Waals surface area contributed by atoms with Crippen molar-refractivity contribution >= 4 is 23.3 Å². The van der Waals surface area contributed by atoms with Crippen LogP contribution in [-0.2, 0) is 0 Å². The SMILES string of the molecule is CCNc1ncc(C(=O)N(CCC(C)CC)c2cccc(C(C)=O)c2)c(C)n1. The Kier molecular flexibility index (Phi) is 7.67. The van der Waals surface area contributed by atoms with Gasteiger partial charge in [0, 0.05) is 30.5 Å². The molecule has 1 aromatic heterocycles. The molecule has 0 aliphatic rings. The van der Waals surface area contributed by atoms with Crippen LogP contribution in [0.3, 0.4) is 0 Å². The number of aryl methyl sites for hydroxylation is 1. The molecule has 1 unspecified atom stereocenters. The second-order valence-corrected chi connectivity index (χ2v) is 7.09. The van der Waals surface area contributed by atoms with Crippen LogP contribution in [0.2, 0.25) is 0 Å². The molecule has 2 rings (SSSR count). The Morgan fingerprint density at radius 2 is 2.00 bits per heavy atom. The lowest BCUT2D eigenvalue weighted by Crippen LogP contribution is -2.33. The quantitative estimate of drug-likeness (QED) is 0.646. The first-order valence-corrected chi connectivity index (χ1v) is 9.87. The van der Waals surface area contributed by atoms with Gasteiger partial charge in [-0.1, -0.05) is 32.4 Å². The molecule has 0 saturated carbocycles. The van der Waals surface area contributed by atoms with Crippen LogP contribution in [-0.4, -0.2) is 34.7 Å². The molecule has 0 aliphatic heterocycles. The van der Waals surface area contributed by atoms with E-state index >= 15 is 0 Å². The van der Waals surface area contributed by atoms with E-state index in [-0.39, 0.29) is 11.7 Å². The number of nitrogens with zero attached hydrogens (tertiary/aromatic N) is 3. The summed E-state index contributed by atoms with van der Waals surface area (Å²) in [5, 5.41) is 3.06. The minimum Gasteiger partial charge on any atom is -0.354 e. The van der Waals surface area contributed by atoms with E-state index in [2.05, 4.69) is 29.1 Å². The first-order valence-electron chi connectivity index (χ1n) is 9.87. The summed E-state index contributed by atoms with van der Waals surface area (Å²) in [5.41, 5.74) is 2.41. The Bertz CT molecular complexity index is 835. The van der Waals surface area contributed by atoms with Crippen molar-refractivity contribution in [2.75, 3.05) is 23.3 Å². The minimum absolute atomic E-state index is 0.0225. The lowest BCUT2D eigenvalue weighted by molar-refractivity contribution is 0.0980. The summed E-state index contributed by atoms with van der Waals surface area (Å²) in [4.78, 5) is 35.5. The highest BCUT2D eigenvalue weighted by Crippen LogP contribution is 2.22. The van der Waals surface area contributed by atoms with Gasteiger partial charge in [0.05, 0.1) is 11.3 Å². The number of anilines is 2. The molecule has 6 heteroatoms. The van der Waals surface area contributed by atoms with E-state index in [9.17, 15) is 9.59 Å². The Morgan fingerprint density at radius 3 is 2.61 bits per heavy atom. The number of hydrogen-bond acceptors (Lipinski definition) is 5. The van der Waals surface area contributed by atoms with Gasteiger partial charge in [-0.25, -0.2) is 9.97 Å². The van der Waals surface area contributed by atoms with Gasteiger partial charge in [-0.3, -0.25) is 9.59 Å². The molecule has 28 heavy (non-hydrogen) atoms. The summed E-state index contributed by atoms with van der Waals surface area (Å²) >= 11 is 0. The molecule has 1 aromatic carbocycles. The van der Waals surface area contributed by atoms with Gasteiger partial charge in [-0.15, -0.1) is 0 Å². The molecule has 1 N–H and O–H groups in total. The summed E-state index contributed by atoms with van der Waals surface area (Å²) in [6.07, 6.45) is 3.50. The van der Waals surface area contributed by atoms with E-state index in [1.165, 1.54) is 6.92 Å². The number of ketones is 1. The highest BCUT2D eigenvalue weighted by molar-refractivity contribution is 6.07. The number of carbonyl (C=O) groups is 2. The van der Waals surface area contributed by atoms with Gasteiger partial charge in [0.2, 0.25) is 5.95 Å². The van der Waals surface area contributed by atoms with Crippen LogP contribution < -0.4 is 10.2 Å². The number of benzene rings is 1. The van der Waals surface area contributed by atoms with Crippen LogP contribution in [0.5, 0.6) is 0 Å². The zero-order valence-electron chi connectivity index (χ0n) is 17.5. The summed E-state index contributed by atoms with van der Waals surface area (Å²) in [6, 6.07) is 7.22. The third kappa shape index (κ3) is 5.38. The molecule has 0 fully saturated rings. The molecule has 1 amide bonds. The van der Waals surface area contributed by atoms with E-state index in [1.54, 1.807) is 23.2 Å². The van der Waals surface area contributed by atoms with E-state index in [0.717, 1.165) is 18.5 Å². The number of hydrogen-bond donors (Lipinski definition) is 1. The molecule has 2 aromatic rings. The minimum atomic E-state index is -0.149. The van der Waals surface area contributed by atoms with E-state index in [4.69, 9.17) is 0 Å². The van der Waals surface area contributed by atoms with Crippen LogP contribution in [0.15, 0.2) is 30.5 Å². The molecule has 0 bridgehead atoms. The number of aromatic nitrogens is 2. The van der Waals surface area contributed by atoms with Gasteiger partial charge in [-0.2, -0.15) is 0 Å². The van der Waals surface area contributed by atoms with Crippen molar-refractivity contribution in [2.45, 2.75) is 47.5 Å². The number of Topliss-reactive ketones (excluding diaryl/α,β-unsaturated/α-hetero) is 1. The molecular formula is C22H30N4O2. The van der Waals surface area contributed by atoms with Crippen molar-refractivity contribution in [1.29, 1.82) is 0 Å². The first kappa shape index (κ1) is 21.5. The number of rotatable bonds is 9. The van der Waals surface area contributed by atoms with E-state index < -0.39 is 0 Å². The molecule has 150 valence electrons. The third-order valence-corrected chi connectivity index (χ3v) is 4.90. The normalized spacial score (nSPS) is 11.8. The zero-order chi connectivity index (χ0) is 20.7. The maximum atomic E-state index is 13.4. The van der Waals surface area contributed by atoms with Crippen molar-refractivity contribution in [3.05, 3.63) is 47.3 Å². The smallest absolute Gasteiger partial charge is 0.261 e. The van der Waals surface area contributed by atoms with Gasteiger partial charge in [0.15, 0.2) is 5.78 Å². The highest BCUT2D eigenvalue weighted by atomic mass is 16.2. The predicted octanol–water partition coefficient (Wildman–Crippen LogP) is 4.50. The second-order valence-electron chi connectivity index (χ2n) is 7.09. The molecule has 1 atom stereocenters. The molecule has 1 heterocycles. The standard InChI is InChI=1S/C22H30N4O2/c1-6-15(3)11-12-26(19-10-8-9-18(13-19)17(5)27)21(28)20-14-24-22(23-7-2)25-16(20)4/h8-10,13-15H,6-7,11-12H2,1-5H3,(H,23,24,25). The number of carbonyl (C=O) groups excluding carboxylic acids is 2. The van der Waals surface area contributed by atoms with Gasteiger partial charge < -0.3 is 10.2 Å². The van der Waals surface area contributed by atoms with Gasteiger partial charge >= 0.3 is 0 Å². The maximum absolute atomic E-state index is 13.4. The molecule has 6 nitrogen and oxygen atoms in total. The third-order valence-electron chi connectivity index (χ3n) is 4.90. The van der Waals surface area contributed by atoms with Gasteiger partial charge in [0.25, 0.3) is 5.91 Å². The summed E-state index contributed by atoms with van der Waals surface area (Å²) in [7, 11) is 0. The second kappa shape index (κ2) is 9.97. The summed E-state index contributed by atoms with van der Waals surface area (Å²) in [6.45, 7) is 10.9. The van der Waals surface area contributed by atoms with Crippen molar-refractivity contribution in [2.24, 2.45) is 5.92 Å². The zero-order valence-corrected chi connectivity index (χ0v) is 17.5. The van der Waals surface area contributed by atoms with Crippen LogP contribution in [0.1, 0.15) is 66.9 Å². The van der Waals surface area contributed by atoms with E-state index in [1.807, 2.05) is 26.0 Å². The fourth-order valence-corrected chi connectivity index (χ4v) is 2.86. The van der Waals surface area contributed by atoms with Gasteiger partial charge in [-0.05, 0) is 45.2 Å². The van der Waals surface area contributed by atoms with Crippen LogP contribution in [0, 0.1) is 12.8 Å². The molecule has 0 aliphatic carbocycles. The molecule has 0 radical (unpaired) electrons. The lowest BCUT2D eigenvalue weighted by atomic mass is 10.0. The highest BCUT2D eigenvalue weighted by Gasteiger charge is 2.22. The molecular weight excluding hydrogens is 352 g/mol. The Labute approximate surface area is 167 Å². The average molecular weight is 383 g/mol. The van der Waals surface area contributed by atoms with Crippen molar-refractivity contribution in [1.82, 2.24) is 9.97 Å². The molecule has 0 saturated heterocycles. The summed E-state index contributed by atoms with van der Waals surface area (Å²) < 4.78 is 0. The van der Waals surface area contributed by atoms with Crippen molar-refractivity contribution < 1.29 is 9.59 Å². The average Bonchev–Trinajstić information content (AvgIpc) is 2.68. The first-order chi connectivity index (χ1) is 13.4. The summed E-state index contributed by atoms with van der Waals surface area (Å²) in [5.74, 6) is 0.844. The fraction of sp³-hybridized carbons (Fsp3) is 0.455. The maximum Gasteiger partial charge on any atom is 0.261 e. The number of amides is 1. The Morgan fingerprint density at radius 1 is 1.25 bits per heavy atom. The van der Waals surface area contributed by atoms with Crippen molar-refractivity contribution in [3.8, 4) is 0 Å². The fourth-order valence-electron chi connectivity index (χ4n) is 2.86. The Balaban J connectivity index is 2.39. The van der Waals surface area contributed by atoms with Crippen molar-refractivity contribution in [3.63, 3.8) is 0 Å². The predicted molar refractivity (Wildman–Crippen MR) is 113 cm³/mol. The number of nitrogens with one attached hydrogen (secondary N) is 1. The van der Waals surface area contributed by atoms with Crippen LogP contribution in [0.4, 0.5) is 11.6 Å².